The molecule has 1 N–H and O–H groups in total. The van der Waals surface area contributed by atoms with Crippen molar-refractivity contribution in [1.29, 1.82) is 0 Å². The third kappa shape index (κ3) is 3.57. The van der Waals surface area contributed by atoms with Crippen molar-refractivity contribution in [3.63, 3.8) is 0 Å². The molecule has 5 nitrogen and oxygen atoms in total. The molecule has 2 atom stereocenters. The number of piperazine rings is 1. The number of carbonyl (C=O) groups is 2. The summed E-state index contributed by atoms with van der Waals surface area (Å²) < 4.78 is 5.74. The first kappa shape index (κ1) is 16.3. The van der Waals surface area contributed by atoms with E-state index in [1.54, 1.807) is 18.7 Å². The van der Waals surface area contributed by atoms with Gasteiger partial charge in [-0.3, -0.25) is 9.59 Å². The molecule has 0 aromatic rings. The van der Waals surface area contributed by atoms with E-state index in [9.17, 15) is 9.59 Å². The maximum absolute atomic E-state index is 12.7. The van der Waals surface area contributed by atoms with Gasteiger partial charge < -0.3 is 15.0 Å². The molecule has 2 rings (SSSR count). The Morgan fingerprint density at radius 3 is 2.62 bits per heavy atom. The monoisotopic (exact) mass is 296 g/mol. The van der Waals surface area contributed by atoms with E-state index >= 15 is 0 Å². The zero-order valence-corrected chi connectivity index (χ0v) is 13.6. The fraction of sp³-hybridized carbons (Fsp3) is 0.875. The number of rotatable bonds is 4. The van der Waals surface area contributed by atoms with Crippen LogP contribution >= 0.6 is 0 Å². The summed E-state index contributed by atoms with van der Waals surface area (Å²) in [4.78, 5) is 26.7. The number of nitrogens with one attached hydrogen (secondary N) is 1. The van der Waals surface area contributed by atoms with Crippen LogP contribution in [0.3, 0.4) is 0 Å². The average molecular weight is 296 g/mol. The van der Waals surface area contributed by atoms with Crippen LogP contribution < -0.4 is 5.32 Å². The van der Waals surface area contributed by atoms with Gasteiger partial charge in [-0.25, -0.2) is 0 Å². The lowest BCUT2D eigenvalue weighted by molar-refractivity contribution is -0.156. The van der Waals surface area contributed by atoms with Crippen molar-refractivity contribution in [1.82, 2.24) is 10.2 Å². The summed E-state index contributed by atoms with van der Waals surface area (Å²) in [6.45, 7) is 8.93. The van der Waals surface area contributed by atoms with Gasteiger partial charge in [-0.05, 0) is 45.4 Å². The van der Waals surface area contributed by atoms with Crippen LogP contribution in [0.25, 0.3) is 0 Å². The van der Waals surface area contributed by atoms with Crippen molar-refractivity contribution < 1.29 is 14.3 Å². The summed E-state index contributed by atoms with van der Waals surface area (Å²) in [5, 5.41) is 2.84. The van der Waals surface area contributed by atoms with Gasteiger partial charge in [0.2, 0.25) is 11.8 Å². The maximum Gasteiger partial charge on any atom is 0.248 e. The van der Waals surface area contributed by atoms with Crippen LogP contribution in [0, 0.1) is 5.92 Å². The number of carbonyl (C=O) groups excluding carboxylic acids is 2. The summed E-state index contributed by atoms with van der Waals surface area (Å²) >= 11 is 0. The quantitative estimate of drug-likeness (QED) is 0.859. The van der Waals surface area contributed by atoms with Crippen molar-refractivity contribution in [2.45, 2.75) is 71.1 Å². The molecule has 0 radical (unpaired) electrons. The zero-order chi connectivity index (χ0) is 15.6. The van der Waals surface area contributed by atoms with Gasteiger partial charge in [-0.15, -0.1) is 0 Å². The minimum absolute atomic E-state index is 0.0107. The van der Waals surface area contributed by atoms with E-state index < -0.39 is 5.54 Å². The predicted molar refractivity (Wildman–Crippen MR) is 80.8 cm³/mol. The first-order valence-corrected chi connectivity index (χ1v) is 8.07. The topological polar surface area (TPSA) is 58.6 Å². The Balaban J connectivity index is 2.06. The Bertz CT molecular complexity index is 400. The summed E-state index contributed by atoms with van der Waals surface area (Å²) in [7, 11) is 0. The molecule has 21 heavy (non-hydrogen) atoms. The van der Waals surface area contributed by atoms with Gasteiger partial charge in [0.25, 0.3) is 0 Å². The molecule has 2 saturated heterocycles. The standard InChI is InChI=1S/C16H28N2O3/c1-11(2)13-14(19)17-16(3,4)15(20)18(13)9-8-12-7-5-6-10-21-12/h11-13H,5-10H2,1-4H3,(H,17,19). The molecule has 2 fully saturated rings. The lowest BCUT2D eigenvalue weighted by Gasteiger charge is -2.44. The van der Waals surface area contributed by atoms with E-state index in [1.165, 1.54) is 6.42 Å². The van der Waals surface area contributed by atoms with Crippen LogP contribution in [0.1, 0.15) is 53.4 Å². The fourth-order valence-corrected chi connectivity index (χ4v) is 3.28. The van der Waals surface area contributed by atoms with Gasteiger partial charge in [0.1, 0.15) is 11.6 Å². The second-order valence-electron chi connectivity index (χ2n) is 7.08. The molecule has 0 aliphatic carbocycles. The van der Waals surface area contributed by atoms with Gasteiger partial charge in [0.05, 0.1) is 6.10 Å². The van der Waals surface area contributed by atoms with Gasteiger partial charge in [-0.1, -0.05) is 13.8 Å². The highest BCUT2D eigenvalue weighted by molar-refractivity contribution is 5.99. The summed E-state index contributed by atoms with van der Waals surface area (Å²) in [6.07, 6.45) is 4.43. The molecule has 0 bridgehead atoms. The summed E-state index contributed by atoms with van der Waals surface area (Å²) in [6, 6.07) is -0.367. The molecule has 120 valence electrons. The Morgan fingerprint density at radius 1 is 1.33 bits per heavy atom. The molecule has 0 saturated carbocycles. The molecule has 2 aliphatic heterocycles. The van der Waals surface area contributed by atoms with Crippen LogP contribution in [-0.2, 0) is 14.3 Å². The molecular formula is C16H28N2O3. The van der Waals surface area contributed by atoms with E-state index in [0.29, 0.717) is 6.54 Å². The largest absolute Gasteiger partial charge is 0.378 e. The van der Waals surface area contributed by atoms with E-state index in [2.05, 4.69) is 5.32 Å². The van der Waals surface area contributed by atoms with Crippen LogP contribution in [0.2, 0.25) is 0 Å². The molecule has 0 aromatic carbocycles. The highest BCUT2D eigenvalue weighted by Gasteiger charge is 2.46. The highest BCUT2D eigenvalue weighted by atomic mass is 16.5. The predicted octanol–water partition coefficient (Wildman–Crippen LogP) is 1.71. The third-order valence-electron chi connectivity index (χ3n) is 4.43. The van der Waals surface area contributed by atoms with Crippen molar-refractivity contribution in [2.24, 2.45) is 5.92 Å². The molecule has 0 aromatic heterocycles. The number of ether oxygens (including phenoxy) is 1. The summed E-state index contributed by atoms with van der Waals surface area (Å²) in [5.41, 5.74) is -0.810. The van der Waals surface area contributed by atoms with E-state index in [1.807, 2.05) is 13.8 Å². The first-order chi connectivity index (χ1) is 9.83. The molecule has 2 heterocycles. The van der Waals surface area contributed by atoms with Gasteiger partial charge in [-0.2, -0.15) is 0 Å². The van der Waals surface area contributed by atoms with Crippen molar-refractivity contribution >= 4 is 11.8 Å². The third-order valence-corrected chi connectivity index (χ3v) is 4.43. The lowest BCUT2D eigenvalue weighted by Crippen LogP contribution is -2.69. The zero-order valence-electron chi connectivity index (χ0n) is 13.6. The Hall–Kier alpha value is -1.10. The SMILES string of the molecule is CC(C)C1C(=O)NC(C)(C)C(=O)N1CCC1CCCCO1. The van der Waals surface area contributed by atoms with Gasteiger partial charge >= 0.3 is 0 Å². The smallest absolute Gasteiger partial charge is 0.248 e. The second-order valence-corrected chi connectivity index (χ2v) is 7.08. The molecule has 5 heteroatoms. The van der Waals surface area contributed by atoms with Crippen molar-refractivity contribution in [2.75, 3.05) is 13.2 Å². The number of amides is 2. The number of nitrogens with zero attached hydrogens (tertiary/aromatic N) is 1. The molecule has 0 spiro atoms. The minimum Gasteiger partial charge on any atom is -0.378 e. The normalized spacial score (nSPS) is 29.7. The van der Waals surface area contributed by atoms with E-state index in [-0.39, 0.29) is 29.9 Å². The van der Waals surface area contributed by atoms with Crippen molar-refractivity contribution in [3.05, 3.63) is 0 Å². The Kier molecular flexibility index (Phi) is 4.91. The fourth-order valence-electron chi connectivity index (χ4n) is 3.28. The van der Waals surface area contributed by atoms with Crippen LogP contribution in [0.15, 0.2) is 0 Å². The van der Waals surface area contributed by atoms with Crippen LogP contribution in [-0.4, -0.2) is 47.6 Å². The Labute approximate surface area is 127 Å². The molecule has 2 aliphatic rings. The van der Waals surface area contributed by atoms with Crippen LogP contribution in [0.5, 0.6) is 0 Å². The molecular weight excluding hydrogens is 268 g/mol. The first-order valence-electron chi connectivity index (χ1n) is 8.07. The maximum atomic E-state index is 12.7. The minimum atomic E-state index is -0.810. The summed E-state index contributed by atoms with van der Waals surface area (Å²) in [5.74, 6) is 0.0769. The van der Waals surface area contributed by atoms with Gasteiger partial charge in [0.15, 0.2) is 0 Å². The second kappa shape index (κ2) is 6.34. The van der Waals surface area contributed by atoms with Crippen LogP contribution in [0.4, 0.5) is 0 Å². The van der Waals surface area contributed by atoms with Gasteiger partial charge in [0, 0.05) is 13.2 Å². The number of hydrogen-bond donors (Lipinski definition) is 1. The average Bonchev–Trinajstić information content (AvgIpc) is 2.41. The van der Waals surface area contributed by atoms with E-state index in [4.69, 9.17) is 4.74 Å². The molecule has 2 amide bonds. The Morgan fingerprint density at radius 2 is 2.05 bits per heavy atom. The molecule has 2 unspecified atom stereocenters. The number of hydrogen-bond acceptors (Lipinski definition) is 3. The van der Waals surface area contributed by atoms with E-state index in [0.717, 1.165) is 25.9 Å². The van der Waals surface area contributed by atoms with Crippen molar-refractivity contribution in [3.8, 4) is 0 Å². The lowest BCUT2D eigenvalue weighted by atomic mass is 9.91. The highest BCUT2D eigenvalue weighted by Crippen LogP contribution is 2.24.